The van der Waals surface area contributed by atoms with E-state index in [1.54, 1.807) is 24.3 Å². The van der Waals surface area contributed by atoms with Crippen molar-refractivity contribution in [3.63, 3.8) is 0 Å². The summed E-state index contributed by atoms with van der Waals surface area (Å²) in [6, 6.07) is 6.32. The van der Waals surface area contributed by atoms with E-state index in [-0.39, 0.29) is 0 Å². The van der Waals surface area contributed by atoms with Crippen LogP contribution in [0.5, 0.6) is 0 Å². The molecule has 5 unspecified atom stereocenters. The lowest BCUT2D eigenvalue weighted by atomic mass is 9.88. The molecule has 1 aromatic rings. The van der Waals surface area contributed by atoms with Gasteiger partial charge in [0.2, 0.25) is 5.79 Å². The number of halogens is 1. The Bertz CT molecular complexity index is 451. The van der Waals surface area contributed by atoms with Crippen LogP contribution in [0.4, 0.5) is 0 Å². The predicted molar refractivity (Wildman–Crippen MR) is 70.1 cm³/mol. The van der Waals surface area contributed by atoms with Crippen LogP contribution >= 0.6 is 11.6 Å². The van der Waals surface area contributed by atoms with E-state index in [2.05, 4.69) is 0 Å². The molecule has 0 aliphatic carbocycles. The summed E-state index contributed by atoms with van der Waals surface area (Å²) in [6.07, 6.45) is -5.53. The van der Waals surface area contributed by atoms with Gasteiger partial charge in [0.1, 0.15) is 24.4 Å². The second-order valence-corrected chi connectivity index (χ2v) is 5.08. The zero-order valence-electron chi connectivity index (χ0n) is 10.8. The molecule has 0 spiro atoms. The molecule has 0 amide bonds. The minimum atomic E-state index is -1.68. The molecule has 0 radical (unpaired) electrons. The van der Waals surface area contributed by atoms with E-state index in [0.717, 1.165) is 0 Å². The molecular weight excluding hydrogens is 288 g/mol. The van der Waals surface area contributed by atoms with Crippen LogP contribution in [0.25, 0.3) is 0 Å². The summed E-state index contributed by atoms with van der Waals surface area (Å²) < 4.78 is 10.8. The van der Waals surface area contributed by atoms with E-state index in [1.807, 2.05) is 0 Å². The van der Waals surface area contributed by atoms with Gasteiger partial charge in [-0.3, -0.25) is 0 Å². The van der Waals surface area contributed by atoms with Gasteiger partial charge in [0.15, 0.2) is 0 Å². The molecule has 20 heavy (non-hydrogen) atoms. The number of benzene rings is 1. The van der Waals surface area contributed by atoms with Crippen LogP contribution < -0.4 is 0 Å². The van der Waals surface area contributed by atoms with Gasteiger partial charge in [0.05, 0.1) is 6.61 Å². The average molecular weight is 305 g/mol. The monoisotopic (exact) mass is 304 g/mol. The van der Waals surface area contributed by atoms with Gasteiger partial charge in [-0.2, -0.15) is 0 Å². The maximum absolute atomic E-state index is 10.2. The zero-order chi connectivity index (χ0) is 14.9. The van der Waals surface area contributed by atoms with Crippen molar-refractivity contribution in [2.45, 2.75) is 30.2 Å². The van der Waals surface area contributed by atoms with E-state index >= 15 is 0 Å². The Morgan fingerprint density at radius 3 is 2.30 bits per heavy atom. The lowest BCUT2D eigenvalue weighted by Crippen LogP contribution is -2.64. The van der Waals surface area contributed by atoms with Crippen molar-refractivity contribution in [2.75, 3.05) is 13.7 Å². The van der Waals surface area contributed by atoms with Gasteiger partial charge < -0.3 is 29.9 Å². The Hall–Kier alpha value is -0.730. The first kappa shape index (κ1) is 15.7. The van der Waals surface area contributed by atoms with Crippen LogP contribution in [0.2, 0.25) is 5.02 Å². The summed E-state index contributed by atoms with van der Waals surface area (Å²) in [7, 11) is 1.30. The molecule has 1 fully saturated rings. The Morgan fingerprint density at radius 2 is 1.80 bits per heavy atom. The molecule has 0 bridgehead atoms. The Kier molecular flexibility index (Phi) is 4.66. The highest BCUT2D eigenvalue weighted by molar-refractivity contribution is 6.30. The highest BCUT2D eigenvalue weighted by atomic mass is 35.5. The molecule has 2 rings (SSSR count). The van der Waals surface area contributed by atoms with Crippen molar-refractivity contribution < 1.29 is 29.9 Å². The van der Waals surface area contributed by atoms with Crippen molar-refractivity contribution in [1.29, 1.82) is 0 Å². The quantitative estimate of drug-likeness (QED) is 0.607. The standard InChI is InChI=1S/C13H17ClO6/c1-19-13(7-2-4-8(14)5-3-7)12(18)11(17)10(16)9(6-15)20-13/h2-5,9-12,15-18H,6H2,1H3. The van der Waals surface area contributed by atoms with Crippen molar-refractivity contribution in [2.24, 2.45) is 0 Å². The summed E-state index contributed by atoms with van der Waals surface area (Å²) in [5, 5.41) is 39.6. The van der Waals surface area contributed by atoms with E-state index < -0.39 is 36.8 Å². The van der Waals surface area contributed by atoms with Crippen LogP contribution in [-0.4, -0.2) is 58.6 Å². The van der Waals surface area contributed by atoms with Gasteiger partial charge in [0.25, 0.3) is 0 Å². The first-order valence-corrected chi connectivity index (χ1v) is 6.48. The molecule has 112 valence electrons. The third kappa shape index (κ3) is 2.44. The normalized spacial score (nSPS) is 37.9. The fraction of sp³-hybridized carbons (Fsp3) is 0.538. The molecule has 1 saturated heterocycles. The number of methoxy groups -OCH3 is 1. The average Bonchev–Trinajstić information content (AvgIpc) is 2.47. The van der Waals surface area contributed by atoms with Gasteiger partial charge in [-0.05, 0) is 12.1 Å². The summed E-state index contributed by atoms with van der Waals surface area (Å²) in [4.78, 5) is 0. The molecule has 1 aliphatic rings. The highest BCUT2D eigenvalue weighted by Gasteiger charge is 2.54. The molecule has 1 aliphatic heterocycles. The number of aliphatic hydroxyl groups excluding tert-OH is 4. The van der Waals surface area contributed by atoms with Gasteiger partial charge in [-0.1, -0.05) is 23.7 Å². The van der Waals surface area contributed by atoms with Crippen molar-refractivity contribution in [3.05, 3.63) is 34.9 Å². The molecule has 6 nitrogen and oxygen atoms in total. The molecule has 4 N–H and O–H groups in total. The van der Waals surface area contributed by atoms with Gasteiger partial charge in [-0.25, -0.2) is 0 Å². The van der Waals surface area contributed by atoms with Crippen LogP contribution in [0.15, 0.2) is 24.3 Å². The third-order valence-electron chi connectivity index (χ3n) is 3.50. The Labute approximate surface area is 121 Å². The SMILES string of the molecule is COC1(c2ccc(Cl)cc2)OC(CO)C(O)C(O)C1O. The van der Waals surface area contributed by atoms with E-state index in [0.29, 0.717) is 10.6 Å². The number of aliphatic hydroxyl groups is 4. The number of rotatable bonds is 3. The Balaban J connectivity index is 2.44. The fourth-order valence-electron chi connectivity index (χ4n) is 2.35. The first-order valence-electron chi connectivity index (χ1n) is 6.10. The topological polar surface area (TPSA) is 99.4 Å². The van der Waals surface area contributed by atoms with Crippen molar-refractivity contribution in [1.82, 2.24) is 0 Å². The van der Waals surface area contributed by atoms with E-state index in [9.17, 15) is 20.4 Å². The van der Waals surface area contributed by atoms with Crippen molar-refractivity contribution >= 4 is 11.6 Å². The largest absolute Gasteiger partial charge is 0.394 e. The first-order chi connectivity index (χ1) is 9.46. The van der Waals surface area contributed by atoms with Gasteiger partial charge >= 0.3 is 0 Å². The Morgan fingerprint density at radius 1 is 1.20 bits per heavy atom. The van der Waals surface area contributed by atoms with E-state index in [1.165, 1.54) is 7.11 Å². The van der Waals surface area contributed by atoms with Crippen LogP contribution in [0, 0.1) is 0 Å². The summed E-state index contributed by atoms with van der Waals surface area (Å²) >= 11 is 5.81. The summed E-state index contributed by atoms with van der Waals surface area (Å²) in [5.74, 6) is -1.68. The number of hydrogen-bond acceptors (Lipinski definition) is 6. The number of hydrogen-bond donors (Lipinski definition) is 4. The lowest BCUT2D eigenvalue weighted by Gasteiger charge is -2.47. The molecule has 1 aromatic carbocycles. The van der Waals surface area contributed by atoms with Crippen LogP contribution in [-0.2, 0) is 15.3 Å². The molecule has 0 saturated carbocycles. The minimum absolute atomic E-state index is 0.418. The predicted octanol–water partition coefficient (Wildman–Crippen LogP) is -0.387. The summed E-state index contributed by atoms with van der Waals surface area (Å²) in [5.41, 5.74) is 0.418. The lowest BCUT2D eigenvalue weighted by molar-refractivity contribution is -0.366. The van der Waals surface area contributed by atoms with Gasteiger partial charge in [0, 0.05) is 17.7 Å². The maximum atomic E-state index is 10.2. The molecular formula is C13H17ClO6. The second kappa shape index (κ2) is 5.95. The summed E-state index contributed by atoms with van der Waals surface area (Å²) in [6.45, 7) is -0.524. The second-order valence-electron chi connectivity index (χ2n) is 4.64. The minimum Gasteiger partial charge on any atom is -0.394 e. The van der Waals surface area contributed by atoms with Crippen LogP contribution in [0.3, 0.4) is 0 Å². The molecule has 7 heteroatoms. The fourth-order valence-corrected chi connectivity index (χ4v) is 2.47. The van der Waals surface area contributed by atoms with Gasteiger partial charge in [-0.15, -0.1) is 0 Å². The molecule has 0 aromatic heterocycles. The third-order valence-corrected chi connectivity index (χ3v) is 3.75. The molecule has 5 atom stereocenters. The highest BCUT2D eigenvalue weighted by Crippen LogP contribution is 2.39. The van der Waals surface area contributed by atoms with E-state index in [4.69, 9.17) is 21.1 Å². The maximum Gasteiger partial charge on any atom is 0.224 e. The molecule has 1 heterocycles. The van der Waals surface area contributed by atoms with Crippen LogP contribution in [0.1, 0.15) is 5.56 Å². The zero-order valence-corrected chi connectivity index (χ0v) is 11.6. The van der Waals surface area contributed by atoms with Crippen molar-refractivity contribution in [3.8, 4) is 0 Å². The number of ether oxygens (including phenoxy) is 2. The smallest absolute Gasteiger partial charge is 0.224 e.